The zero-order chi connectivity index (χ0) is 13.1. The van der Waals surface area contributed by atoms with Gasteiger partial charge in [-0.25, -0.2) is 0 Å². The number of ether oxygens (including phenoxy) is 1. The molecule has 0 aromatic heterocycles. The summed E-state index contributed by atoms with van der Waals surface area (Å²) < 4.78 is 5.54. The van der Waals surface area contributed by atoms with Crippen LogP contribution in [0.25, 0.3) is 0 Å². The Morgan fingerprint density at radius 2 is 1.94 bits per heavy atom. The lowest BCUT2D eigenvalue weighted by molar-refractivity contribution is -0.162. The molecule has 0 saturated heterocycles. The zero-order valence-corrected chi connectivity index (χ0v) is 12.1. The third kappa shape index (κ3) is 5.56. The van der Waals surface area contributed by atoms with Crippen molar-refractivity contribution in [1.82, 2.24) is 0 Å². The minimum atomic E-state index is -0.359. The van der Waals surface area contributed by atoms with E-state index < -0.39 is 0 Å². The van der Waals surface area contributed by atoms with Gasteiger partial charge in [0.15, 0.2) is 0 Å². The van der Waals surface area contributed by atoms with Crippen LogP contribution in [0.5, 0.6) is 0 Å². The molecule has 17 heavy (non-hydrogen) atoms. The molecule has 0 amide bonds. The van der Waals surface area contributed by atoms with Crippen LogP contribution in [0.15, 0.2) is 0 Å². The summed E-state index contributed by atoms with van der Waals surface area (Å²) in [6.45, 7) is 10.2. The molecule has 0 spiro atoms. The van der Waals surface area contributed by atoms with Gasteiger partial charge in [0.25, 0.3) is 0 Å². The molecule has 2 heteroatoms. The quantitative estimate of drug-likeness (QED) is 0.651. The van der Waals surface area contributed by atoms with Crippen molar-refractivity contribution in [2.75, 3.05) is 0 Å². The summed E-state index contributed by atoms with van der Waals surface area (Å²) in [5, 5.41) is 0. The number of carbonyl (C=O) groups excluding carboxylic acids is 1. The molecule has 1 saturated carbocycles. The number of hydrogen-bond donors (Lipinski definition) is 0. The summed E-state index contributed by atoms with van der Waals surface area (Å²) in [5.41, 5.74) is -0.359. The van der Waals surface area contributed by atoms with Crippen LogP contribution in [0.1, 0.15) is 66.7 Å². The molecule has 1 fully saturated rings. The molecule has 0 bridgehead atoms. The van der Waals surface area contributed by atoms with Gasteiger partial charge in [0.2, 0.25) is 0 Å². The fraction of sp³-hybridized carbons (Fsp3) is 0.933. The van der Waals surface area contributed by atoms with Gasteiger partial charge in [0.05, 0.1) is 5.92 Å². The summed E-state index contributed by atoms with van der Waals surface area (Å²) in [6.07, 6.45) is 5.99. The fourth-order valence-electron chi connectivity index (χ4n) is 2.12. The van der Waals surface area contributed by atoms with Crippen molar-refractivity contribution in [3.05, 3.63) is 0 Å². The Bertz CT molecular complexity index is 248. The van der Waals surface area contributed by atoms with Crippen molar-refractivity contribution in [3.63, 3.8) is 0 Å². The Balaban J connectivity index is 2.50. The Morgan fingerprint density at radius 1 is 1.35 bits per heavy atom. The minimum Gasteiger partial charge on any atom is -0.460 e. The van der Waals surface area contributed by atoms with E-state index in [0.29, 0.717) is 5.92 Å². The fourth-order valence-corrected chi connectivity index (χ4v) is 2.12. The Morgan fingerprint density at radius 3 is 2.35 bits per heavy atom. The van der Waals surface area contributed by atoms with E-state index in [4.69, 9.17) is 4.74 Å². The highest BCUT2D eigenvalue weighted by molar-refractivity contribution is 5.73. The second kappa shape index (κ2) is 5.88. The van der Waals surface area contributed by atoms with Crippen LogP contribution >= 0.6 is 0 Å². The van der Waals surface area contributed by atoms with E-state index in [-0.39, 0.29) is 17.5 Å². The Hall–Kier alpha value is -0.530. The van der Waals surface area contributed by atoms with E-state index in [1.807, 2.05) is 20.8 Å². The molecule has 1 rings (SSSR count). The third-order valence-corrected chi connectivity index (χ3v) is 3.62. The largest absolute Gasteiger partial charge is 0.460 e. The van der Waals surface area contributed by atoms with Gasteiger partial charge in [0, 0.05) is 0 Å². The van der Waals surface area contributed by atoms with Crippen molar-refractivity contribution in [2.24, 2.45) is 17.8 Å². The lowest BCUT2D eigenvalue weighted by atomic mass is 9.87. The van der Waals surface area contributed by atoms with Gasteiger partial charge in [0.1, 0.15) is 5.60 Å². The van der Waals surface area contributed by atoms with Gasteiger partial charge in [-0.3, -0.25) is 4.79 Å². The van der Waals surface area contributed by atoms with Crippen LogP contribution in [0.4, 0.5) is 0 Å². The molecule has 0 aromatic rings. The number of rotatable bonds is 6. The van der Waals surface area contributed by atoms with Gasteiger partial charge in [-0.1, -0.05) is 33.1 Å². The predicted octanol–water partition coefficient (Wildman–Crippen LogP) is 4.18. The molecule has 0 radical (unpaired) electrons. The number of esters is 1. The molecular formula is C15H28O2. The first-order valence-corrected chi connectivity index (χ1v) is 7.06. The molecule has 0 heterocycles. The standard InChI is InChI=1S/C15H28O2/c1-6-11(2)13(10-9-12-7-8-12)14(16)17-15(3,4)5/h11-13H,6-10H2,1-5H3. The average molecular weight is 240 g/mol. The van der Waals surface area contributed by atoms with Gasteiger partial charge in [-0.2, -0.15) is 0 Å². The van der Waals surface area contributed by atoms with Crippen LogP contribution in [0.2, 0.25) is 0 Å². The van der Waals surface area contributed by atoms with E-state index in [9.17, 15) is 4.79 Å². The van der Waals surface area contributed by atoms with E-state index in [1.165, 1.54) is 19.3 Å². The first-order chi connectivity index (χ1) is 7.83. The normalized spacial score (nSPS) is 19.8. The van der Waals surface area contributed by atoms with Crippen molar-refractivity contribution in [2.45, 2.75) is 72.3 Å². The van der Waals surface area contributed by atoms with Crippen LogP contribution in [0, 0.1) is 17.8 Å². The lowest BCUT2D eigenvalue weighted by Gasteiger charge is -2.27. The van der Waals surface area contributed by atoms with Crippen LogP contribution < -0.4 is 0 Å². The SMILES string of the molecule is CCC(C)C(CCC1CC1)C(=O)OC(C)(C)C. The summed E-state index contributed by atoms with van der Waals surface area (Å²) >= 11 is 0. The highest BCUT2D eigenvalue weighted by Gasteiger charge is 2.31. The maximum absolute atomic E-state index is 12.2. The molecule has 0 aliphatic heterocycles. The minimum absolute atomic E-state index is 0.00694. The van der Waals surface area contributed by atoms with Gasteiger partial charge < -0.3 is 4.74 Å². The second-order valence-electron chi connectivity index (χ2n) is 6.55. The molecule has 1 aliphatic rings. The smallest absolute Gasteiger partial charge is 0.309 e. The van der Waals surface area contributed by atoms with E-state index in [1.54, 1.807) is 0 Å². The van der Waals surface area contributed by atoms with Crippen molar-refractivity contribution < 1.29 is 9.53 Å². The monoisotopic (exact) mass is 240 g/mol. The summed E-state index contributed by atoms with van der Waals surface area (Å²) in [6, 6.07) is 0. The lowest BCUT2D eigenvalue weighted by Crippen LogP contribution is -2.31. The summed E-state index contributed by atoms with van der Waals surface area (Å²) in [7, 11) is 0. The first kappa shape index (κ1) is 14.5. The highest BCUT2D eigenvalue weighted by Crippen LogP contribution is 2.36. The zero-order valence-electron chi connectivity index (χ0n) is 12.1. The summed E-state index contributed by atoms with van der Waals surface area (Å²) in [4.78, 5) is 12.2. The van der Waals surface area contributed by atoms with Crippen molar-refractivity contribution in [3.8, 4) is 0 Å². The van der Waals surface area contributed by atoms with Crippen LogP contribution in [0.3, 0.4) is 0 Å². The molecule has 1 aliphatic carbocycles. The molecular weight excluding hydrogens is 212 g/mol. The predicted molar refractivity (Wildman–Crippen MR) is 70.7 cm³/mol. The molecule has 2 atom stereocenters. The van der Waals surface area contributed by atoms with E-state index >= 15 is 0 Å². The van der Waals surface area contributed by atoms with Gasteiger partial charge in [-0.15, -0.1) is 0 Å². The van der Waals surface area contributed by atoms with Crippen LogP contribution in [-0.2, 0) is 9.53 Å². The molecule has 0 aromatic carbocycles. The number of hydrogen-bond acceptors (Lipinski definition) is 2. The molecule has 100 valence electrons. The van der Waals surface area contributed by atoms with E-state index in [2.05, 4.69) is 13.8 Å². The first-order valence-electron chi connectivity index (χ1n) is 7.06. The Kier molecular flexibility index (Phi) is 5.03. The van der Waals surface area contributed by atoms with Crippen LogP contribution in [-0.4, -0.2) is 11.6 Å². The maximum atomic E-state index is 12.2. The topological polar surface area (TPSA) is 26.3 Å². The molecule has 2 unspecified atom stereocenters. The molecule has 0 N–H and O–H groups in total. The van der Waals surface area contributed by atoms with Gasteiger partial charge in [-0.05, 0) is 45.4 Å². The maximum Gasteiger partial charge on any atom is 0.309 e. The van der Waals surface area contributed by atoms with Crippen molar-refractivity contribution in [1.29, 1.82) is 0 Å². The van der Waals surface area contributed by atoms with E-state index in [0.717, 1.165) is 18.8 Å². The highest BCUT2D eigenvalue weighted by atomic mass is 16.6. The second-order valence-corrected chi connectivity index (χ2v) is 6.55. The van der Waals surface area contributed by atoms with Gasteiger partial charge >= 0.3 is 5.97 Å². The Labute approximate surface area is 106 Å². The third-order valence-electron chi connectivity index (χ3n) is 3.62. The summed E-state index contributed by atoms with van der Waals surface area (Å²) in [5.74, 6) is 1.43. The number of carbonyl (C=O) groups is 1. The average Bonchev–Trinajstić information content (AvgIpc) is 2.98. The molecule has 2 nitrogen and oxygen atoms in total. The van der Waals surface area contributed by atoms with Crippen molar-refractivity contribution >= 4 is 5.97 Å².